The molecule has 0 atom stereocenters. The zero-order valence-corrected chi connectivity index (χ0v) is 16.3. The van der Waals surface area contributed by atoms with Crippen LogP contribution in [0.15, 0.2) is 60.9 Å². The van der Waals surface area contributed by atoms with E-state index < -0.39 is 0 Å². The van der Waals surface area contributed by atoms with E-state index >= 15 is 0 Å². The Hall–Kier alpha value is -3.12. The summed E-state index contributed by atoms with van der Waals surface area (Å²) in [7, 11) is 0. The van der Waals surface area contributed by atoms with Crippen molar-refractivity contribution in [3.8, 4) is 11.4 Å². The molecule has 1 saturated heterocycles. The number of rotatable bonds is 4. The Kier molecular flexibility index (Phi) is 4.77. The molecule has 2 aliphatic heterocycles. The highest BCUT2D eigenvalue weighted by Gasteiger charge is 2.23. The van der Waals surface area contributed by atoms with E-state index in [2.05, 4.69) is 28.2 Å². The first-order valence-corrected chi connectivity index (χ1v) is 10.1. The van der Waals surface area contributed by atoms with E-state index in [1.54, 1.807) is 10.9 Å². The van der Waals surface area contributed by atoms with Crippen LogP contribution in [0.2, 0.25) is 0 Å². The predicted molar refractivity (Wildman–Crippen MR) is 110 cm³/mol. The van der Waals surface area contributed by atoms with Crippen molar-refractivity contribution in [2.45, 2.75) is 13.0 Å². The van der Waals surface area contributed by atoms with Crippen molar-refractivity contribution in [3.63, 3.8) is 0 Å². The Morgan fingerprint density at radius 1 is 1.03 bits per heavy atom. The van der Waals surface area contributed by atoms with E-state index in [1.165, 1.54) is 11.1 Å². The smallest absolute Gasteiger partial charge is 0.257 e. The molecule has 29 heavy (non-hydrogen) atoms. The molecule has 148 valence electrons. The Morgan fingerprint density at radius 2 is 1.86 bits per heavy atom. The summed E-state index contributed by atoms with van der Waals surface area (Å²) in [5.41, 5.74) is 4.22. The number of carbonyl (C=O) groups is 1. The minimum Gasteiger partial charge on any atom is -0.493 e. The van der Waals surface area contributed by atoms with E-state index in [1.807, 2.05) is 41.4 Å². The molecule has 6 nitrogen and oxygen atoms in total. The number of fused-ring (bicyclic) bond motifs is 1. The Labute approximate surface area is 170 Å². The van der Waals surface area contributed by atoms with E-state index in [0.29, 0.717) is 5.56 Å². The fraction of sp³-hybridized carbons (Fsp3) is 0.304. The number of carbonyl (C=O) groups excluding carboxylic acids is 1. The van der Waals surface area contributed by atoms with Crippen molar-refractivity contribution in [1.82, 2.24) is 19.6 Å². The zero-order chi connectivity index (χ0) is 19.6. The fourth-order valence-corrected chi connectivity index (χ4v) is 4.04. The topological polar surface area (TPSA) is 50.6 Å². The number of amides is 1. The van der Waals surface area contributed by atoms with Gasteiger partial charge >= 0.3 is 0 Å². The molecule has 0 unspecified atom stereocenters. The SMILES string of the molecule is O=C(c1cnn(-c2ccccc2)c1)N1CCN(Cc2ccc3c(c2)CCO3)CC1. The van der Waals surface area contributed by atoms with Crippen molar-refractivity contribution >= 4 is 5.91 Å². The average molecular weight is 388 g/mol. The van der Waals surface area contributed by atoms with Crippen LogP contribution in [0, 0.1) is 0 Å². The van der Waals surface area contributed by atoms with Gasteiger partial charge in [-0.25, -0.2) is 4.68 Å². The van der Waals surface area contributed by atoms with Gasteiger partial charge in [0.25, 0.3) is 5.91 Å². The molecule has 3 aromatic rings. The molecule has 0 aliphatic carbocycles. The molecule has 3 heterocycles. The van der Waals surface area contributed by atoms with Gasteiger partial charge in [0.05, 0.1) is 24.1 Å². The monoisotopic (exact) mass is 388 g/mol. The molecule has 0 bridgehead atoms. The van der Waals surface area contributed by atoms with Crippen LogP contribution in [0.5, 0.6) is 5.75 Å². The van der Waals surface area contributed by atoms with Crippen LogP contribution in [-0.4, -0.2) is 58.3 Å². The first kappa shape index (κ1) is 17.9. The summed E-state index contributed by atoms with van der Waals surface area (Å²) in [4.78, 5) is 17.2. The minimum atomic E-state index is 0.0570. The molecular weight excluding hydrogens is 364 g/mol. The first-order chi connectivity index (χ1) is 14.3. The van der Waals surface area contributed by atoms with Crippen LogP contribution in [-0.2, 0) is 13.0 Å². The quantitative estimate of drug-likeness (QED) is 0.690. The van der Waals surface area contributed by atoms with Crippen LogP contribution in [0.1, 0.15) is 21.5 Å². The lowest BCUT2D eigenvalue weighted by Crippen LogP contribution is -2.48. The molecule has 1 amide bonds. The molecule has 0 saturated carbocycles. The van der Waals surface area contributed by atoms with Crippen molar-refractivity contribution in [2.75, 3.05) is 32.8 Å². The molecule has 1 fully saturated rings. The van der Waals surface area contributed by atoms with Gasteiger partial charge in [-0.15, -0.1) is 0 Å². The van der Waals surface area contributed by atoms with E-state index in [0.717, 1.165) is 57.2 Å². The molecule has 1 aromatic heterocycles. The third kappa shape index (κ3) is 3.76. The summed E-state index contributed by atoms with van der Waals surface area (Å²) in [5.74, 6) is 1.08. The highest BCUT2D eigenvalue weighted by Crippen LogP contribution is 2.26. The number of hydrogen-bond donors (Lipinski definition) is 0. The summed E-state index contributed by atoms with van der Waals surface area (Å²) in [6, 6.07) is 16.3. The lowest BCUT2D eigenvalue weighted by molar-refractivity contribution is 0.0628. The summed E-state index contributed by atoms with van der Waals surface area (Å²) >= 11 is 0. The summed E-state index contributed by atoms with van der Waals surface area (Å²) < 4.78 is 7.34. The molecule has 0 N–H and O–H groups in total. The Bertz CT molecular complexity index is 1010. The lowest BCUT2D eigenvalue weighted by Gasteiger charge is -2.34. The highest BCUT2D eigenvalue weighted by molar-refractivity contribution is 5.93. The van der Waals surface area contributed by atoms with Crippen molar-refractivity contribution < 1.29 is 9.53 Å². The summed E-state index contributed by atoms with van der Waals surface area (Å²) in [6.07, 6.45) is 4.48. The average Bonchev–Trinajstić information content (AvgIpc) is 3.44. The Morgan fingerprint density at radius 3 is 2.69 bits per heavy atom. The maximum atomic E-state index is 12.9. The number of ether oxygens (including phenoxy) is 1. The van der Waals surface area contributed by atoms with Gasteiger partial charge in [-0.2, -0.15) is 5.10 Å². The first-order valence-electron chi connectivity index (χ1n) is 10.1. The third-order valence-corrected chi connectivity index (χ3v) is 5.67. The second-order valence-corrected chi connectivity index (χ2v) is 7.62. The highest BCUT2D eigenvalue weighted by atomic mass is 16.5. The normalized spacial score (nSPS) is 16.5. The van der Waals surface area contributed by atoms with Gasteiger partial charge in [-0.3, -0.25) is 9.69 Å². The number of nitrogens with zero attached hydrogens (tertiary/aromatic N) is 4. The minimum absolute atomic E-state index is 0.0570. The van der Waals surface area contributed by atoms with E-state index in [-0.39, 0.29) is 5.91 Å². The van der Waals surface area contributed by atoms with E-state index in [9.17, 15) is 4.79 Å². The molecule has 2 aromatic carbocycles. The zero-order valence-electron chi connectivity index (χ0n) is 16.3. The van der Waals surface area contributed by atoms with Crippen LogP contribution < -0.4 is 4.74 Å². The second-order valence-electron chi connectivity index (χ2n) is 7.62. The van der Waals surface area contributed by atoms with Crippen LogP contribution >= 0.6 is 0 Å². The van der Waals surface area contributed by atoms with Crippen molar-refractivity contribution in [1.29, 1.82) is 0 Å². The van der Waals surface area contributed by atoms with Gasteiger partial charge in [-0.1, -0.05) is 30.3 Å². The molecular formula is C23H24N4O2. The van der Waals surface area contributed by atoms with Crippen LogP contribution in [0.25, 0.3) is 5.69 Å². The standard InChI is InChI=1S/C23H24N4O2/c28-23(20-15-24-27(17-20)21-4-2-1-3-5-21)26-11-9-25(10-12-26)16-18-6-7-22-19(14-18)8-13-29-22/h1-7,14-15,17H,8-13,16H2. The van der Waals surface area contributed by atoms with Crippen LogP contribution in [0.3, 0.4) is 0 Å². The molecule has 0 radical (unpaired) electrons. The van der Waals surface area contributed by atoms with E-state index in [4.69, 9.17) is 4.74 Å². The predicted octanol–water partition coefficient (Wildman–Crippen LogP) is 2.77. The maximum absolute atomic E-state index is 12.9. The maximum Gasteiger partial charge on any atom is 0.257 e. The number of para-hydroxylation sites is 1. The lowest BCUT2D eigenvalue weighted by atomic mass is 10.1. The fourth-order valence-electron chi connectivity index (χ4n) is 4.04. The molecule has 2 aliphatic rings. The van der Waals surface area contributed by atoms with Crippen LogP contribution in [0.4, 0.5) is 0 Å². The number of hydrogen-bond acceptors (Lipinski definition) is 4. The van der Waals surface area contributed by atoms with Gasteiger partial charge < -0.3 is 9.64 Å². The summed E-state index contributed by atoms with van der Waals surface area (Å²) in [5, 5.41) is 4.35. The van der Waals surface area contributed by atoms with Gasteiger partial charge in [0.1, 0.15) is 5.75 Å². The largest absolute Gasteiger partial charge is 0.493 e. The number of piperazine rings is 1. The number of benzene rings is 2. The van der Waals surface area contributed by atoms with Crippen molar-refractivity contribution in [2.24, 2.45) is 0 Å². The number of aromatic nitrogens is 2. The van der Waals surface area contributed by atoms with Gasteiger partial charge in [0, 0.05) is 45.3 Å². The molecule has 0 spiro atoms. The second kappa shape index (κ2) is 7.72. The van der Waals surface area contributed by atoms with Gasteiger partial charge in [0.2, 0.25) is 0 Å². The van der Waals surface area contributed by atoms with Crippen molar-refractivity contribution in [3.05, 3.63) is 77.6 Å². The van der Waals surface area contributed by atoms with Gasteiger partial charge in [-0.05, 0) is 29.3 Å². The Balaban J connectivity index is 1.18. The van der Waals surface area contributed by atoms with Gasteiger partial charge in [0.15, 0.2) is 0 Å². The molecule has 5 rings (SSSR count). The summed E-state index contributed by atoms with van der Waals surface area (Å²) in [6.45, 7) is 4.95. The molecule has 6 heteroatoms. The third-order valence-electron chi connectivity index (χ3n) is 5.67.